The van der Waals surface area contributed by atoms with E-state index in [0.29, 0.717) is 23.2 Å². The summed E-state index contributed by atoms with van der Waals surface area (Å²) >= 11 is 3.34. The topological polar surface area (TPSA) is 72.8 Å². The molecule has 17 heavy (non-hydrogen) atoms. The molecule has 2 aromatic rings. The molecule has 2 rings (SSSR count). The predicted octanol–water partition coefficient (Wildman–Crippen LogP) is 1.75. The maximum atomic E-state index is 4.93. The zero-order valence-corrected chi connectivity index (χ0v) is 10.9. The number of rotatable bonds is 3. The Morgan fingerprint density at radius 3 is 2.71 bits per heavy atom. The number of ether oxygens (including phenoxy) is 1. The third kappa shape index (κ3) is 2.50. The first kappa shape index (κ1) is 11.7. The lowest BCUT2D eigenvalue weighted by Crippen LogP contribution is -1.99. The predicted molar refractivity (Wildman–Crippen MR) is 66.9 cm³/mol. The normalized spacial score (nSPS) is 10.1. The van der Waals surface area contributed by atoms with Gasteiger partial charge in [0.25, 0.3) is 0 Å². The highest BCUT2D eigenvalue weighted by Crippen LogP contribution is 2.21. The average Bonchev–Trinajstić information content (AvgIpc) is 2.39. The van der Waals surface area contributed by atoms with Gasteiger partial charge in [0.2, 0.25) is 5.88 Å². The van der Waals surface area contributed by atoms with E-state index in [1.54, 1.807) is 32.5 Å². The van der Waals surface area contributed by atoms with Crippen LogP contribution in [-0.4, -0.2) is 34.3 Å². The number of nitrogens with one attached hydrogen (secondary N) is 1. The molecule has 0 fully saturated rings. The third-order valence-electron chi connectivity index (χ3n) is 2.06. The molecule has 1 N–H and O–H groups in total. The van der Waals surface area contributed by atoms with Gasteiger partial charge >= 0.3 is 0 Å². The molecule has 6 nitrogen and oxygen atoms in total. The maximum Gasteiger partial charge on any atom is 0.233 e. The highest BCUT2D eigenvalue weighted by atomic mass is 79.9. The second kappa shape index (κ2) is 5.05. The van der Waals surface area contributed by atoms with Crippen LogP contribution in [0.1, 0.15) is 0 Å². The number of anilines is 1. The van der Waals surface area contributed by atoms with Crippen LogP contribution in [0.2, 0.25) is 0 Å². The Balaban J connectivity index is 2.38. The van der Waals surface area contributed by atoms with Crippen molar-refractivity contribution < 1.29 is 4.74 Å². The number of nitrogens with zero attached hydrogens (tertiary/aromatic N) is 4. The first-order valence-electron chi connectivity index (χ1n) is 4.83. The quantitative estimate of drug-likeness (QED) is 0.930. The Labute approximate surface area is 107 Å². The van der Waals surface area contributed by atoms with E-state index in [-0.39, 0.29) is 0 Å². The van der Waals surface area contributed by atoms with Gasteiger partial charge < -0.3 is 10.1 Å². The van der Waals surface area contributed by atoms with Crippen LogP contribution in [0.5, 0.6) is 5.88 Å². The highest BCUT2D eigenvalue weighted by Gasteiger charge is 2.07. The standard InChI is InChI=1S/C10H10BrN5O/c1-12-9-6(11)5-13-10(14-9)7-3-4-8(17-2)16-15-7/h3-5H,1-2H3,(H,12,13,14). The van der Waals surface area contributed by atoms with Gasteiger partial charge in [-0.3, -0.25) is 0 Å². The van der Waals surface area contributed by atoms with Gasteiger partial charge in [0.05, 0.1) is 11.6 Å². The lowest BCUT2D eigenvalue weighted by atomic mass is 10.3. The molecule has 2 heterocycles. The van der Waals surface area contributed by atoms with Crippen molar-refractivity contribution in [3.05, 3.63) is 22.8 Å². The number of hydrogen-bond acceptors (Lipinski definition) is 6. The van der Waals surface area contributed by atoms with Crippen LogP contribution in [0.15, 0.2) is 22.8 Å². The molecule has 0 aromatic carbocycles. The summed E-state index contributed by atoms with van der Waals surface area (Å²) < 4.78 is 5.73. The van der Waals surface area contributed by atoms with Crippen molar-refractivity contribution in [1.29, 1.82) is 0 Å². The van der Waals surface area contributed by atoms with E-state index in [0.717, 1.165) is 4.47 Å². The van der Waals surface area contributed by atoms with Crippen LogP contribution in [0.3, 0.4) is 0 Å². The van der Waals surface area contributed by atoms with Crippen molar-refractivity contribution in [3.63, 3.8) is 0 Å². The fraction of sp³-hybridized carbons (Fsp3) is 0.200. The zero-order valence-electron chi connectivity index (χ0n) is 9.31. The van der Waals surface area contributed by atoms with Gasteiger partial charge in [-0.15, -0.1) is 10.2 Å². The van der Waals surface area contributed by atoms with Crippen LogP contribution in [-0.2, 0) is 0 Å². The molecule has 0 radical (unpaired) electrons. The summed E-state index contributed by atoms with van der Waals surface area (Å²) in [5.74, 6) is 1.67. The minimum Gasteiger partial charge on any atom is -0.480 e. The number of halogens is 1. The zero-order chi connectivity index (χ0) is 12.3. The van der Waals surface area contributed by atoms with Crippen LogP contribution in [0.25, 0.3) is 11.5 Å². The lowest BCUT2D eigenvalue weighted by molar-refractivity contribution is 0.392. The van der Waals surface area contributed by atoms with E-state index in [2.05, 4.69) is 41.4 Å². The molecule has 0 aliphatic heterocycles. The number of aromatic nitrogens is 4. The largest absolute Gasteiger partial charge is 0.480 e. The SMILES string of the molecule is CNc1nc(-c2ccc(OC)nn2)ncc1Br. The fourth-order valence-corrected chi connectivity index (χ4v) is 1.60. The lowest BCUT2D eigenvalue weighted by Gasteiger charge is -2.04. The smallest absolute Gasteiger partial charge is 0.233 e. The first-order valence-corrected chi connectivity index (χ1v) is 5.62. The third-order valence-corrected chi connectivity index (χ3v) is 2.64. The van der Waals surface area contributed by atoms with Gasteiger partial charge in [-0.1, -0.05) is 0 Å². The van der Waals surface area contributed by atoms with Crippen molar-refractivity contribution in [2.45, 2.75) is 0 Å². The van der Waals surface area contributed by atoms with E-state index in [9.17, 15) is 0 Å². The van der Waals surface area contributed by atoms with Gasteiger partial charge in [-0.05, 0) is 22.0 Å². The van der Waals surface area contributed by atoms with Gasteiger partial charge in [0, 0.05) is 19.3 Å². The molecule has 0 aliphatic rings. The summed E-state index contributed by atoms with van der Waals surface area (Å²) in [5.41, 5.74) is 0.592. The van der Waals surface area contributed by atoms with Crippen LogP contribution in [0.4, 0.5) is 5.82 Å². The Morgan fingerprint density at radius 2 is 2.12 bits per heavy atom. The van der Waals surface area contributed by atoms with Crippen molar-refractivity contribution in [2.24, 2.45) is 0 Å². The molecule has 0 bridgehead atoms. The van der Waals surface area contributed by atoms with E-state index in [1.807, 2.05) is 0 Å². The molecule has 0 atom stereocenters. The van der Waals surface area contributed by atoms with Crippen molar-refractivity contribution in [2.75, 3.05) is 19.5 Å². The summed E-state index contributed by atoms with van der Waals surface area (Å²) in [6, 6.07) is 3.47. The van der Waals surface area contributed by atoms with E-state index >= 15 is 0 Å². The molecule has 0 aliphatic carbocycles. The van der Waals surface area contributed by atoms with Gasteiger partial charge in [-0.25, -0.2) is 9.97 Å². The Bertz CT molecular complexity index is 517. The van der Waals surface area contributed by atoms with Crippen molar-refractivity contribution in [1.82, 2.24) is 20.2 Å². The summed E-state index contributed by atoms with van der Waals surface area (Å²) in [7, 11) is 3.33. The molecule has 7 heteroatoms. The Kier molecular flexibility index (Phi) is 3.48. The van der Waals surface area contributed by atoms with Gasteiger partial charge in [0.1, 0.15) is 11.5 Å². The Hall–Kier alpha value is -1.76. The average molecular weight is 296 g/mol. The summed E-state index contributed by atoms with van der Waals surface area (Å²) in [6.07, 6.45) is 1.67. The highest BCUT2D eigenvalue weighted by molar-refractivity contribution is 9.10. The summed E-state index contributed by atoms with van der Waals surface area (Å²) in [5, 5.41) is 10.8. The van der Waals surface area contributed by atoms with E-state index in [1.165, 1.54) is 0 Å². The molecule has 0 saturated carbocycles. The number of methoxy groups -OCH3 is 1. The molecule has 0 saturated heterocycles. The first-order chi connectivity index (χ1) is 8.24. The molecule has 0 spiro atoms. The van der Waals surface area contributed by atoms with Crippen molar-refractivity contribution in [3.8, 4) is 17.4 Å². The van der Waals surface area contributed by atoms with E-state index in [4.69, 9.17) is 4.74 Å². The van der Waals surface area contributed by atoms with Crippen LogP contribution in [0, 0.1) is 0 Å². The Morgan fingerprint density at radius 1 is 1.29 bits per heavy atom. The molecule has 0 amide bonds. The molecular weight excluding hydrogens is 286 g/mol. The minimum absolute atomic E-state index is 0.458. The summed E-state index contributed by atoms with van der Waals surface area (Å²) in [6.45, 7) is 0. The maximum absolute atomic E-state index is 4.93. The monoisotopic (exact) mass is 295 g/mol. The molecular formula is C10H10BrN5O. The minimum atomic E-state index is 0.458. The van der Waals surface area contributed by atoms with Crippen LogP contribution >= 0.6 is 15.9 Å². The molecule has 2 aromatic heterocycles. The van der Waals surface area contributed by atoms with Gasteiger partial charge in [0.15, 0.2) is 5.82 Å². The van der Waals surface area contributed by atoms with Crippen molar-refractivity contribution >= 4 is 21.7 Å². The second-order valence-corrected chi connectivity index (χ2v) is 3.96. The second-order valence-electron chi connectivity index (χ2n) is 3.10. The van der Waals surface area contributed by atoms with Gasteiger partial charge in [-0.2, -0.15) is 0 Å². The summed E-state index contributed by atoms with van der Waals surface area (Å²) in [4.78, 5) is 8.48. The number of hydrogen-bond donors (Lipinski definition) is 1. The molecule has 88 valence electrons. The van der Waals surface area contributed by atoms with Crippen LogP contribution < -0.4 is 10.1 Å². The van der Waals surface area contributed by atoms with E-state index < -0.39 is 0 Å². The molecule has 0 unspecified atom stereocenters. The fourth-order valence-electron chi connectivity index (χ4n) is 1.21.